The molecule has 1 atom stereocenters. The number of alkyl carbamates (subject to hydrolysis) is 1. The van der Waals surface area contributed by atoms with Crippen molar-refractivity contribution in [3.05, 3.63) is 42.0 Å². The van der Waals surface area contributed by atoms with E-state index in [1.54, 1.807) is 26.8 Å². The van der Waals surface area contributed by atoms with Crippen molar-refractivity contribution in [2.75, 3.05) is 0 Å². The maximum Gasteiger partial charge on any atom is 0.408 e. The Balaban J connectivity index is 0.000000266. The molecule has 190 valence electrons. The summed E-state index contributed by atoms with van der Waals surface area (Å²) < 4.78 is 5.05. The Morgan fingerprint density at radius 3 is 1.97 bits per heavy atom. The normalized spacial score (nSPS) is 18.6. The van der Waals surface area contributed by atoms with Crippen LogP contribution in [0.1, 0.15) is 97.0 Å². The van der Waals surface area contributed by atoms with E-state index in [-0.39, 0.29) is 6.42 Å². The number of hydrogen-bond donors (Lipinski definition) is 3. The lowest BCUT2D eigenvalue weighted by atomic mass is 9.91. The van der Waals surface area contributed by atoms with Crippen LogP contribution in [0.3, 0.4) is 0 Å². The van der Waals surface area contributed by atoms with Crippen molar-refractivity contribution in [2.24, 2.45) is 0 Å². The van der Waals surface area contributed by atoms with Gasteiger partial charge in [-0.05, 0) is 58.4 Å². The molecule has 0 spiro atoms. The molecule has 1 aromatic rings. The molecule has 0 aromatic heterocycles. The minimum atomic E-state index is -1.10. The van der Waals surface area contributed by atoms with Crippen molar-refractivity contribution in [1.29, 1.82) is 0 Å². The maximum absolute atomic E-state index is 11.6. The van der Waals surface area contributed by atoms with Crippen molar-refractivity contribution in [3.63, 3.8) is 0 Å². The zero-order valence-corrected chi connectivity index (χ0v) is 21.2. The highest BCUT2D eigenvalue weighted by Crippen LogP contribution is 2.22. The van der Waals surface area contributed by atoms with Gasteiger partial charge in [-0.1, -0.05) is 81.0 Å². The molecule has 2 aliphatic carbocycles. The van der Waals surface area contributed by atoms with E-state index >= 15 is 0 Å². The molecule has 6 nitrogen and oxygen atoms in total. The summed E-state index contributed by atoms with van der Waals surface area (Å²) in [6.45, 7) is 5.16. The van der Waals surface area contributed by atoms with Crippen LogP contribution in [-0.2, 0) is 9.53 Å². The van der Waals surface area contributed by atoms with Gasteiger partial charge < -0.3 is 20.5 Å². The van der Waals surface area contributed by atoms with Gasteiger partial charge in [0.05, 0.1) is 0 Å². The minimum absolute atomic E-state index is 0.184. The Hall–Kier alpha value is -2.34. The van der Waals surface area contributed by atoms with Crippen molar-refractivity contribution in [3.8, 4) is 0 Å². The van der Waals surface area contributed by atoms with Crippen LogP contribution in [0.5, 0.6) is 0 Å². The number of hydrogen-bond acceptors (Lipinski definition) is 4. The van der Waals surface area contributed by atoms with Gasteiger partial charge in [0.15, 0.2) is 0 Å². The molecular weight excluding hydrogens is 428 g/mol. The van der Waals surface area contributed by atoms with E-state index in [0.29, 0.717) is 0 Å². The molecule has 0 unspecified atom stereocenters. The van der Waals surface area contributed by atoms with Crippen LogP contribution in [0.25, 0.3) is 6.08 Å². The molecule has 0 saturated heterocycles. The fourth-order valence-corrected chi connectivity index (χ4v) is 4.45. The van der Waals surface area contributed by atoms with Crippen LogP contribution in [0.15, 0.2) is 36.4 Å². The summed E-state index contributed by atoms with van der Waals surface area (Å²) in [4.78, 5) is 22.7. The van der Waals surface area contributed by atoms with Crippen LogP contribution >= 0.6 is 0 Å². The SMILES string of the molecule is C1CCC(NC2CCCCC2)CC1.CC(C)(C)OC(=O)N[C@H](CC=Cc1ccccc1)C(=O)O. The smallest absolute Gasteiger partial charge is 0.408 e. The molecule has 0 aliphatic heterocycles. The lowest BCUT2D eigenvalue weighted by Crippen LogP contribution is -2.43. The number of amides is 1. The standard InChI is InChI=1S/C16H21NO4.C12H23N/c1-16(2,3)21-15(20)17-13(14(18)19)11-7-10-12-8-5-4-6-9-12;1-3-7-11(8-4-1)13-12-9-5-2-6-10-12/h4-10,13H,11H2,1-3H3,(H,17,20)(H,18,19);11-13H,1-10H2/t13-;/m1./s1. The molecular formula is C28H44N2O4. The highest BCUT2D eigenvalue weighted by atomic mass is 16.6. The van der Waals surface area contributed by atoms with E-state index in [0.717, 1.165) is 17.6 Å². The van der Waals surface area contributed by atoms with Gasteiger partial charge in [-0.3, -0.25) is 0 Å². The fraction of sp³-hybridized carbons (Fsp3) is 0.643. The highest BCUT2D eigenvalue weighted by molar-refractivity contribution is 5.80. The second-order valence-electron chi connectivity index (χ2n) is 10.4. The number of carbonyl (C=O) groups excluding carboxylic acids is 1. The molecule has 3 N–H and O–H groups in total. The number of ether oxygens (including phenoxy) is 1. The molecule has 0 radical (unpaired) electrons. The lowest BCUT2D eigenvalue weighted by Gasteiger charge is -2.30. The topological polar surface area (TPSA) is 87.7 Å². The molecule has 6 heteroatoms. The minimum Gasteiger partial charge on any atom is -0.480 e. The van der Waals surface area contributed by atoms with E-state index in [2.05, 4.69) is 10.6 Å². The maximum atomic E-state index is 11.6. The summed E-state index contributed by atoms with van der Waals surface area (Å²) in [5.41, 5.74) is 0.312. The van der Waals surface area contributed by atoms with Crippen LogP contribution in [-0.4, -0.2) is 40.9 Å². The molecule has 3 rings (SSSR count). The number of benzene rings is 1. The lowest BCUT2D eigenvalue weighted by molar-refractivity contribution is -0.139. The number of carbonyl (C=O) groups is 2. The van der Waals surface area contributed by atoms with Gasteiger partial charge in [0.25, 0.3) is 0 Å². The molecule has 2 fully saturated rings. The zero-order chi connectivity index (χ0) is 24.8. The summed E-state index contributed by atoms with van der Waals surface area (Å²) in [5.74, 6) is -1.10. The first-order valence-electron chi connectivity index (χ1n) is 12.9. The van der Waals surface area contributed by atoms with E-state index < -0.39 is 23.7 Å². The van der Waals surface area contributed by atoms with Crippen molar-refractivity contribution in [2.45, 2.75) is 115 Å². The van der Waals surface area contributed by atoms with Crippen molar-refractivity contribution >= 4 is 18.1 Å². The van der Waals surface area contributed by atoms with E-state index in [1.165, 1.54) is 64.2 Å². The fourth-order valence-electron chi connectivity index (χ4n) is 4.45. The number of carboxylic acids is 1. The largest absolute Gasteiger partial charge is 0.480 e. The van der Waals surface area contributed by atoms with E-state index in [4.69, 9.17) is 9.84 Å². The Morgan fingerprint density at radius 1 is 0.971 bits per heavy atom. The Bertz CT molecular complexity index is 729. The molecule has 0 heterocycles. The number of nitrogens with one attached hydrogen (secondary N) is 2. The molecule has 2 aliphatic rings. The Kier molecular flexibility index (Phi) is 12.2. The molecule has 0 bridgehead atoms. The van der Waals surface area contributed by atoms with Gasteiger partial charge in [-0.15, -0.1) is 0 Å². The van der Waals surface area contributed by atoms with E-state index in [1.807, 2.05) is 36.4 Å². The van der Waals surface area contributed by atoms with Crippen molar-refractivity contribution < 1.29 is 19.4 Å². The van der Waals surface area contributed by atoms with Crippen LogP contribution < -0.4 is 10.6 Å². The Labute approximate surface area is 205 Å². The third-order valence-electron chi connectivity index (χ3n) is 6.15. The third-order valence-corrected chi connectivity index (χ3v) is 6.15. The third kappa shape index (κ3) is 12.2. The average molecular weight is 473 g/mol. The summed E-state index contributed by atoms with van der Waals surface area (Å²) in [6.07, 6.45) is 17.5. The first kappa shape index (κ1) is 27.9. The number of aliphatic carboxylic acids is 1. The summed E-state index contributed by atoms with van der Waals surface area (Å²) in [7, 11) is 0. The first-order chi connectivity index (χ1) is 16.2. The average Bonchev–Trinajstić information content (AvgIpc) is 2.80. The quantitative estimate of drug-likeness (QED) is 0.433. The molecule has 1 amide bonds. The summed E-state index contributed by atoms with van der Waals surface area (Å²) in [6, 6.07) is 10.2. The number of carboxylic acid groups (broad SMARTS) is 1. The van der Waals surface area contributed by atoms with Crippen molar-refractivity contribution in [1.82, 2.24) is 10.6 Å². The van der Waals surface area contributed by atoms with Crippen LogP contribution in [0, 0.1) is 0 Å². The van der Waals surface area contributed by atoms with Crippen LogP contribution in [0.4, 0.5) is 4.79 Å². The van der Waals surface area contributed by atoms with Gasteiger partial charge >= 0.3 is 12.1 Å². The van der Waals surface area contributed by atoms with Gasteiger partial charge in [0.1, 0.15) is 11.6 Å². The molecule has 1 aromatic carbocycles. The van der Waals surface area contributed by atoms with Crippen LogP contribution in [0.2, 0.25) is 0 Å². The monoisotopic (exact) mass is 472 g/mol. The molecule has 34 heavy (non-hydrogen) atoms. The van der Waals surface area contributed by atoms with Gasteiger partial charge in [-0.2, -0.15) is 0 Å². The second-order valence-corrected chi connectivity index (χ2v) is 10.4. The summed E-state index contributed by atoms with van der Waals surface area (Å²) in [5, 5.41) is 15.3. The second kappa shape index (κ2) is 14.8. The molecule has 2 saturated carbocycles. The van der Waals surface area contributed by atoms with Gasteiger partial charge in [0, 0.05) is 12.1 Å². The zero-order valence-electron chi connectivity index (χ0n) is 21.2. The van der Waals surface area contributed by atoms with Gasteiger partial charge in [-0.25, -0.2) is 9.59 Å². The predicted molar refractivity (Wildman–Crippen MR) is 138 cm³/mol. The Morgan fingerprint density at radius 2 is 1.50 bits per heavy atom. The first-order valence-corrected chi connectivity index (χ1v) is 12.9. The number of rotatable bonds is 7. The highest BCUT2D eigenvalue weighted by Gasteiger charge is 2.23. The van der Waals surface area contributed by atoms with Gasteiger partial charge in [0.2, 0.25) is 0 Å². The van der Waals surface area contributed by atoms with E-state index in [9.17, 15) is 9.59 Å². The predicted octanol–water partition coefficient (Wildman–Crippen LogP) is 6.31. The summed E-state index contributed by atoms with van der Waals surface area (Å²) >= 11 is 0.